The minimum absolute atomic E-state index is 0.00000532. The number of nitrogens with one attached hydrogen (secondary N) is 1. The number of carbonyl (C=O) groups is 1. The summed E-state index contributed by atoms with van der Waals surface area (Å²) in [6.07, 6.45) is 2.04. The van der Waals surface area contributed by atoms with E-state index in [0.29, 0.717) is 22.2 Å². The molecule has 0 bridgehead atoms. The van der Waals surface area contributed by atoms with Gasteiger partial charge < -0.3 is 10.2 Å². The van der Waals surface area contributed by atoms with Gasteiger partial charge in [-0.2, -0.15) is 13.9 Å². The summed E-state index contributed by atoms with van der Waals surface area (Å²) in [6, 6.07) is 8.95. The second-order valence-corrected chi connectivity index (χ2v) is 6.19. The van der Waals surface area contributed by atoms with Gasteiger partial charge in [-0.25, -0.2) is 4.68 Å². The van der Waals surface area contributed by atoms with Gasteiger partial charge in [0.05, 0.1) is 0 Å². The molecule has 1 amide bonds. The Labute approximate surface area is 143 Å². The first kappa shape index (κ1) is 16.7. The average Bonchev–Trinajstić information content (AvgIpc) is 3.22. The molecule has 1 atom stereocenters. The molecular formula is C16H17ClF2N4O. The number of benzene rings is 1. The Kier molecular flexibility index (Phi) is 4.99. The van der Waals surface area contributed by atoms with Crippen LogP contribution in [0, 0.1) is 5.92 Å². The van der Waals surface area contributed by atoms with Crippen molar-refractivity contribution >= 4 is 23.2 Å². The third kappa shape index (κ3) is 3.84. The number of hydrogen-bond donors (Lipinski definition) is 1. The van der Waals surface area contributed by atoms with E-state index in [4.69, 9.17) is 11.6 Å². The van der Waals surface area contributed by atoms with E-state index in [0.717, 1.165) is 31.4 Å². The molecule has 1 aromatic heterocycles. The van der Waals surface area contributed by atoms with Gasteiger partial charge in [-0.1, -0.05) is 17.7 Å². The van der Waals surface area contributed by atoms with E-state index >= 15 is 0 Å². The monoisotopic (exact) mass is 354 g/mol. The zero-order valence-corrected chi connectivity index (χ0v) is 13.6. The van der Waals surface area contributed by atoms with E-state index in [-0.39, 0.29) is 5.69 Å². The van der Waals surface area contributed by atoms with Crippen molar-refractivity contribution in [2.75, 3.05) is 24.5 Å². The highest BCUT2D eigenvalue weighted by Crippen LogP contribution is 2.25. The Balaban J connectivity index is 1.51. The third-order valence-corrected chi connectivity index (χ3v) is 4.29. The van der Waals surface area contributed by atoms with E-state index < -0.39 is 12.5 Å². The van der Waals surface area contributed by atoms with Gasteiger partial charge in [-0.05, 0) is 36.6 Å². The first-order chi connectivity index (χ1) is 11.5. The summed E-state index contributed by atoms with van der Waals surface area (Å²) in [5.41, 5.74) is 1.06. The van der Waals surface area contributed by atoms with Gasteiger partial charge in [-0.15, -0.1) is 0 Å². The van der Waals surface area contributed by atoms with Crippen LogP contribution in [-0.2, 0) is 0 Å². The molecule has 0 saturated carbocycles. The molecule has 0 spiro atoms. The lowest BCUT2D eigenvalue weighted by Crippen LogP contribution is -2.31. The van der Waals surface area contributed by atoms with Gasteiger partial charge in [0.1, 0.15) is 5.69 Å². The van der Waals surface area contributed by atoms with E-state index in [1.807, 2.05) is 24.3 Å². The largest absolute Gasteiger partial charge is 0.371 e. The molecule has 3 rings (SSSR count). The Bertz CT molecular complexity index is 722. The number of nitrogens with zero attached hydrogens (tertiary/aromatic N) is 3. The Hall–Kier alpha value is -2.15. The van der Waals surface area contributed by atoms with Crippen molar-refractivity contribution < 1.29 is 13.6 Å². The number of hydrogen-bond acceptors (Lipinski definition) is 3. The molecule has 2 aromatic rings. The number of rotatable bonds is 5. The first-order valence-corrected chi connectivity index (χ1v) is 8.03. The van der Waals surface area contributed by atoms with E-state index in [1.165, 1.54) is 6.07 Å². The molecule has 128 valence electrons. The molecular weight excluding hydrogens is 338 g/mol. The summed E-state index contributed by atoms with van der Waals surface area (Å²) in [6.45, 7) is -0.558. The lowest BCUT2D eigenvalue weighted by Gasteiger charge is -2.19. The van der Waals surface area contributed by atoms with Gasteiger partial charge in [0, 0.05) is 36.5 Å². The van der Waals surface area contributed by atoms with Crippen LogP contribution in [-0.4, -0.2) is 35.3 Å². The Morgan fingerprint density at radius 2 is 2.25 bits per heavy atom. The van der Waals surface area contributed by atoms with Crippen LogP contribution >= 0.6 is 11.6 Å². The minimum atomic E-state index is -2.74. The lowest BCUT2D eigenvalue weighted by molar-refractivity contribution is 0.0560. The highest BCUT2D eigenvalue weighted by atomic mass is 35.5. The van der Waals surface area contributed by atoms with Gasteiger partial charge in [0.15, 0.2) is 0 Å². The maximum atomic E-state index is 12.5. The number of anilines is 1. The smallest absolute Gasteiger partial charge is 0.333 e. The number of aromatic nitrogens is 2. The zero-order valence-electron chi connectivity index (χ0n) is 12.8. The second kappa shape index (κ2) is 7.17. The minimum Gasteiger partial charge on any atom is -0.371 e. The molecule has 2 heterocycles. The molecule has 1 aliphatic rings. The Morgan fingerprint density at radius 1 is 1.42 bits per heavy atom. The van der Waals surface area contributed by atoms with E-state index in [1.54, 1.807) is 0 Å². The maximum Gasteiger partial charge on any atom is 0.333 e. The molecule has 24 heavy (non-hydrogen) atoms. The number of alkyl halides is 2. The highest BCUT2D eigenvalue weighted by molar-refractivity contribution is 6.30. The van der Waals surface area contributed by atoms with E-state index in [9.17, 15) is 13.6 Å². The maximum absolute atomic E-state index is 12.5. The SMILES string of the molecule is O=C(NC[C@@H]1CCN(c2cccc(Cl)c2)C1)c1ccn(C(F)F)n1. The number of carbonyl (C=O) groups excluding carboxylic acids is 1. The molecule has 1 N–H and O–H groups in total. The van der Waals surface area contributed by atoms with Crippen molar-refractivity contribution in [1.82, 2.24) is 15.1 Å². The zero-order chi connectivity index (χ0) is 17.1. The van der Waals surface area contributed by atoms with Gasteiger partial charge in [-0.3, -0.25) is 4.79 Å². The quantitative estimate of drug-likeness (QED) is 0.897. The summed E-state index contributed by atoms with van der Waals surface area (Å²) in [5.74, 6) is -0.138. The van der Waals surface area contributed by atoms with Crippen molar-refractivity contribution in [2.24, 2.45) is 5.92 Å². The van der Waals surface area contributed by atoms with Crippen molar-refractivity contribution in [2.45, 2.75) is 13.0 Å². The molecule has 5 nitrogen and oxygen atoms in total. The Morgan fingerprint density at radius 3 is 2.96 bits per heavy atom. The molecule has 1 aliphatic heterocycles. The third-order valence-electron chi connectivity index (χ3n) is 4.05. The standard InChI is InChI=1S/C16H17ClF2N4O/c17-12-2-1-3-13(8-12)22-6-4-11(10-22)9-20-15(24)14-5-7-23(21-14)16(18)19/h1-3,5,7-8,11,16H,4,6,9-10H2,(H,20,24)/t11-/m0/s1. The number of halogens is 3. The van der Waals surface area contributed by atoms with Crippen LogP contribution in [0.1, 0.15) is 23.5 Å². The van der Waals surface area contributed by atoms with Crippen LogP contribution in [0.2, 0.25) is 5.02 Å². The summed E-state index contributed by atoms with van der Waals surface area (Å²) >= 11 is 6.01. The second-order valence-electron chi connectivity index (χ2n) is 5.75. The summed E-state index contributed by atoms with van der Waals surface area (Å²) in [7, 11) is 0. The fourth-order valence-electron chi connectivity index (χ4n) is 2.80. The summed E-state index contributed by atoms with van der Waals surface area (Å²) in [4.78, 5) is 14.2. The fourth-order valence-corrected chi connectivity index (χ4v) is 2.99. The van der Waals surface area contributed by atoms with Gasteiger partial charge in [0.25, 0.3) is 5.91 Å². The van der Waals surface area contributed by atoms with Crippen molar-refractivity contribution in [3.8, 4) is 0 Å². The molecule has 1 fully saturated rings. The lowest BCUT2D eigenvalue weighted by atomic mass is 10.1. The highest BCUT2D eigenvalue weighted by Gasteiger charge is 2.24. The molecule has 8 heteroatoms. The van der Waals surface area contributed by atoms with Crippen LogP contribution in [0.15, 0.2) is 36.5 Å². The van der Waals surface area contributed by atoms with Crippen LogP contribution in [0.4, 0.5) is 14.5 Å². The predicted octanol–water partition coefficient (Wildman–Crippen LogP) is 3.19. The van der Waals surface area contributed by atoms with Crippen molar-refractivity contribution in [3.63, 3.8) is 0 Å². The van der Waals surface area contributed by atoms with Gasteiger partial charge >= 0.3 is 6.55 Å². The topological polar surface area (TPSA) is 50.2 Å². The van der Waals surface area contributed by atoms with Crippen LogP contribution in [0.3, 0.4) is 0 Å². The van der Waals surface area contributed by atoms with Crippen molar-refractivity contribution in [3.05, 3.63) is 47.2 Å². The summed E-state index contributed by atoms with van der Waals surface area (Å²) < 4.78 is 25.4. The number of amides is 1. The van der Waals surface area contributed by atoms with Gasteiger partial charge in [0.2, 0.25) is 0 Å². The molecule has 0 aliphatic carbocycles. The van der Waals surface area contributed by atoms with E-state index in [2.05, 4.69) is 15.3 Å². The molecule has 0 unspecified atom stereocenters. The van der Waals surface area contributed by atoms with Crippen LogP contribution in [0.25, 0.3) is 0 Å². The molecule has 1 saturated heterocycles. The van der Waals surface area contributed by atoms with Crippen LogP contribution < -0.4 is 10.2 Å². The molecule has 0 radical (unpaired) electrons. The summed E-state index contributed by atoms with van der Waals surface area (Å²) in [5, 5.41) is 7.01. The predicted molar refractivity (Wildman–Crippen MR) is 87.6 cm³/mol. The van der Waals surface area contributed by atoms with Crippen molar-refractivity contribution in [1.29, 1.82) is 0 Å². The van der Waals surface area contributed by atoms with Crippen LogP contribution in [0.5, 0.6) is 0 Å². The fraction of sp³-hybridized carbons (Fsp3) is 0.375. The average molecular weight is 355 g/mol. The first-order valence-electron chi connectivity index (χ1n) is 7.65. The molecule has 1 aromatic carbocycles. The normalized spacial score (nSPS) is 17.5.